The molecule has 1 aliphatic rings. The molecule has 21 heavy (non-hydrogen) atoms. The van der Waals surface area contributed by atoms with Crippen molar-refractivity contribution < 1.29 is 22.7 Å². The van der Waals surface area contributed by atoms with Gasteiger partial charge in [-0.25, -0.2) is 17.6 Å². The number of piperidine rings is 1. The number of sulfonamides is 1. The lowest BCUT2D eigenvalue weighted by atomic mass is 10.0. The van der Waals surface area contributed by atoms with Gasteiger partial charge in [0.15, 0.2) is 0 Å². The number of aromatic carboxylic acids is 1. The Bertz CT molecular complexity index is 644. The molecule has 1 aromatic carbocycles. The second kappa shape index (κ2) is 6.11. The number of benzene rings is 1. The quantitative estimate of drug-likeness (QED) is 0.926. The zero-order chi connectivity index (χ0) is 15.6. The minimum Gasteiger partial charge on any atom is -0.478 e. The average Bonchev–Trinajstić information content (AvgIpc) is 2.46. The number of carboxylic acid groups (broad SMARTS) is 1. The summed E-state index contributed by atoms with van der Waals surface area (Å²) in [5.41, 5.74) is -0.392. The van der Waals surface area contributed by atoms with Crippen LogP contribution in [0.4, 0.5) is 4.39 Å². The molecule has 1 aliphatic heterocycles. The number of halogens is 1. The molecule has 116 valence electrons. The van der Waals surface area contributed by atoms with E-state index in [4.69, 9.17) is 5.11 Å². The molecule has 0 bridgehead atoms. The Morgan fingerprint density at radius 1 is 1.43 bits per heavy atom. The topological polar surface area (TPSA) is 74.7 Å². The van der Waals surface area contributed by atoms with Crippen LogP contribution in [0.2, 0.25) is 0 Å². The van der Waals surface area contributed by atoms with E-state index in [1.807, 2.05) is 6.92 Å². The fraction of sp³-hybridized carbons (Fsp3) is 0.500. The number of carbonyl (C=O) groups is 1. The maximum absolute atomic E-state index is 13.4. The summed E-state index contributed by atoms with van der Waals surface area (Å²) in [6.07, 6.45) is 3.07. The van der Waals surface area contributed by atoms with Crippen molar-refractivity contribution in [3.05, 3.63) is 29.6 Å². The molecule has 1 N–H and O–H groups in total. The van der Waals surface area contributed by atoms with Crippen molar-refractivity contribution in [1.29, 1.82) is 0 Å². The summed E-state index contributed by atoms with van der Waals surface area (Å²) in [5, 5.41) is 9.14. The Balaban J connectivity index is 2.53. The molecule has 1 unspecified atom stereocenters. The molecule has 1 saturated heterocycles. The largest absolute Gasteiger partial charge is 0.478 e. The van der Waals surface area contributed by atoms with E-state index in [1.165, 1.54) is 4.31 Å². The van der Waals surface area contributed by atoms with E-state index in [0.29, 0.717) is 13.0 Å². The summed E-state index contributed by atoms with van der Waals surface area (Å²) in [4.78, 5) is 10.7. The third-order valence-corrected chi connectivity index (χ3v) is 5.80. The van der Waals surface area contributed by atoms with E-state index in [2.05, 4.69) is 0 Å². The molecule has 0 aliphatic carbocycles. The molecule has 1 aromatic rings. The van der Waals surface area contributed by atoms with Crippen LogP contribution in [-0.2, 0) is 10.0 Å². The first kappa shape index (κ1) is 15.9. The minimum absolute atomic E-state index is 0.159. The number of carboxylic acids is 1. The van der Waals surface area contributed by atoms with Crippen molar-refractivity contribution in [2.45, 2.75) is 43.5 Å². The highest BCUT2D eigenvalue weighted by molar-refractivity contribution is 7.89. The second-order valence-corrected chi connectivity index (χ2v) is 6.98. The van der Waals surface area contributed by atoms with Crippen LogP contribution in [-0.4, -0.2) is 36.4 Å². The summed E-state index contributed by atoms with van der Waals surface area (Å²) in [6.45, 7) is 2.23. The van der Waals surface area contributed by atoms with Crippen LogP contribution in [0.15, 0.2) is 23.1 Å². The van der Waals surface area contributed by atoms with E-state index in [9.17, 15) is 17.6 Å². The number of hydrogen-bond acceptors (Lipinski definition) is 3. The van der Waals surface area contributed by atoms with E-state index in [-0.39, 0.29) is 6.04 Å². The van der Waals surface area contributed by atoms with Crippen molar-refractivity contribution in [2.24, 2.45) is 0 Å². The highest BCUT2D eigenvalue weighted by Crippen LogP contribution is 2.29. The van der Waals surface area contributed by atoms with Crippen molar-refractivity contribution in [3.8, 4) is 0 Å². The van der Waals surface area contributed by atoms with Crippen LogP contribution >= 0.6 is 0 Å². The molecule has 0 saturated carbocycles. The monoisotopic (exact) mass is 315 g/mol. The van der Waals surface area contributed by atoms with Gasteiger partial charge in [0.05, 0.1) is 10.5 Å². The molecular formula is C14H18FNO4S. The van der Waals surface area contributed by atoms with Crippen LogP contribution in [0.3, 0.4) is 0 Å². The van der Waals surface area contributed by atoms with Gasteiger partial charge in [0.2, 0.25) is 10.0 Å². The van der Waals surface area contributed by atoms with Crippen molar-refractivity contribution in [1.82, 2.24) is 4.31 Å². The van der Waals surface area contributed by atoms with Crippen molar-refractivity contribution >= 4 is 16.0 Å². The Hall–Kier alpha value is -1.47. The van der Waals surface area contributed by atoms with Gasteiger partial charge in [0.25, 0.3) is 0 Å². The molecule has 7 heteroatoms. The maximum atomic E-state index is 13.4. The van der Waals surface area contributed by atoms with Gasteiger partial charge in [-0.15, -0.1) is 0 Å². The van der Waals surface area contributed by atoms with Crippen LogP contribution in [0.5, 0.6) is 0 Å². The Labute approximate surface area is 123 Å². The molecule has 0 aromatic heterocycles. The first-order valence-electron chi connectivity index (χ1n) is 6.92. The molecular weight excluding hydrogens is 297 g/mol. The fourth-order valence-corrected chi connectivity index (χ4v) is 4.67. The Morgan fingerprint density at radius 2 is 2.14 bits per heavy atom. The van der Waals surface area contributed by atoms with Crippen LogP contribution < -0.4 is 0 Å². The van der Waals surface area contributed by atoms with Crippen LogP contribution in [0.1, 0.15) is 43.0 Å². The van der Waals surface area contributed by atoms with Gasteiger partial charge in [-0.3, -0.25) is 0 Å². The summed E-state index contributed by atoms with van der Waals surface area (Å²) < 4.78 is 40.2. The molecule has 5 nitrogen and oxygen atoms in total. The molecule has 1 fully saturated rings. The number of hydrogen-bond donors (Lipinski definition) is 1. The molecule has 0 radical (unpaired) electrons. The molecule has 0 spiro atoms. The third-order valence-electron chi connectivity index (χ3n) is 3.81. The number of rotatable bonds is 4. The van der Waals surface area contributed by atoms with Gasteiger partial charge in [0.1, 0.15) is 5.82 Å². The Morgan fingerprint density at radius 3 is 2.76 bits per heavy atom. The molecule has 2 rings (SSSR count). The van der Waals surface area contributed by atoms with E-state index in [0.717, 1.165) is 37.5 Å². The lowest BCUT2D eigenvalue weighted by Crippen LogP contribution is -2.43. The fourth-order valence-electron chi connectivity index (χ4n) is 2.71. The number of nitrogens with zero attached hydrogens (tertiary/aromatic N) is 1. The molecule has 0 amide bonds. The van der Waals surface area contributed by atoms with Gasteiger partial charge in [-0.1, -0.05) is 13.3 Å². The minimum atomic E-state index is -4.01. The van der Waals surface area contributed by atoms with Gasteiger partial charge in [-0.05, 0) is 37.5 Å². The van der Waals surface area contributed by atoms with Gasteiger partial charge in [-0.2, -0.15) is 4.31 Å². The Kier molecular flexibility index (Phi) is 4.63. The maximum Gasteiger partial charge on any atom is 0.337 e. The van der Waals surface area contributed by atoms with E-state index >= 15 is 0 Å². The first-order chi connectivity index (χ1) is 9.87. The zero-order valence-corrected chi connectivity index (χ0v) is 12.6. The van der Waals surface area contributed by atoms with Gasteiger partial charge >= 0.3 is 5.97 Å². The third kappa shape index (κ3) is 3.08. The predicted molar refractivity (Wildman–Crippen MR) is 75.2 cm³/mol. The van der Waals surface area contributed by atoms with Crippen LogP contribution in [0.25, 0.3) is 0 Å². The summed E-state index contributed by atoms with van der Waals surface area (Å²) in [5.74, 6) is -2.14. The lowest BCUT2D eigenvalue weighted by Gasteiger charge is -2.34. The zero-order valence-electron chi connectivity index (χ0n) is 11.8. The van der Waals surface area contributed by atoms with Crippen LogP contribution in [0, 0.1) is 5.82 Å². The normalized spacial score (nSPS) is 20.4. The smallest absolute Gasteiger partial charge is 0.337 e. The van der Waals surface area contributed by atoms with Crippen molar-refractivity contribution in [3.63, 3.8) is 0 Å². The SMILES string of the molecule is CCC1CCCCN1S(=O)(=O)c1cc(F)ccc1C(=O)O. The van der Waals surface area contributed by atoms with E-state index < -0.39 is 32.3 Å². The molecule has 1 heterocycles. The summed E-state index contributed by atoms with van der Waals surface area (Å²) in [6, 6.07) is 2.58. The summed E-state index contributed by atoms with van der Waals surface area (Å²) in [7, 11) is -4.01. The van der Waals surface area contributed by atoms with E-state index in [1.54, 1.807) is 0 Å². The molecule has 1 atom stereocenters. The van der Waals surface area contributed by atoms with Gasteiger partial charge in [0, 0.05) is 12.6 Å². The highest BCUT2D eigenvalue weighted by atomic mass is 32.2. The second-order valence-electron chi connectivity index (χ2n) is 5.12. The summed E-state index contributed by atoms with van der Waals surface area (Å²) >= 11 is 0. The average molecular weight is 315 g/mol. The first-order valence-corrected chi connectivity index (χ1v) is 8.36. The predicted octanol–water partition coefficient (Wildman–Crippen LogP) is 2.48. The lowest BCUT2D eigenvalue weighted by molar-refractivity contribution is 0.0692. The standard InChI is InChI=1S/C14H18FNO4S/c1-2-11-5-3-4-8-16(11)21(19,20)13-9-10(15)6-7-12(13)14(17)18/h6-7,9,11H,2-5,8H2,1H3,(H,17,18). The van der Waals surface area contributed by atoms with Crippen molar-refractivity contribution in [2.75, 3.05) is 6.54 Å². The van der Waals surface area contributed by atoms with Gasteiger partial charge < -0.3 is 5.11 Å². The highest BCUT2D eigenvalue weighted by Gasteiger charge is 2.35.